The molecule has 0 fully saturated rings. The monoisotopic (exact) mass is 696 g/mol. The Kier molecular flexibility index (Phi) is 7.55. The van der Waals surface area contributed by atoms with Gasteiger partial charge in [0.2, 0.25) is 0 Å². The molecule has 0 N–H and O–H groups in total. The summed E-state index contributed by atoms with van der Waals surface area (Å²) in [4.78, 5) is 20.4. The molecule has 3 heterocycles. The lowest BCUT2D eigenvalue weighted by molar-refractivity contribution is 1.07. The molecule has 0 aliphatic carbocycles. The Morgan fingerprint density at radius 3 is 1.49 bits per heavy atom. The zero-order valence-electron chi connectivity index (χ0n) is 28.3. The van der Waals surface area contributed by atoms with Crippen molar-refractivity contribution in [2.45, 2.75) is 0 Å². The molecule has 3 aromatic heterocycles. The Hall–Kier alpha value is -6.96. The van der Waals surface area contributed by atoms with Crippen LogP contribution in [0, 0.1) is 0 Å². The molecule has 10 aromatic rings. The number of hydrogen-bond acceptors (Lipinski definition) is 7. The first-order chi connectivity index (χ1) is 26.2. The molecule has 0 radical (unpaired) electrons. The minimum absolute atomic E-state index is 0.596. The summed E-state index contributed by atoms with van der Waals surface area (Å²) < 4.78 is 9.19. The first-order valence-electron chi connectivity index (χ1n) is 17.4. The summed E-state index contributed by atoms with van der Waals surface area (Å²) in [6.45, 7) is 0. The van der Waals surface area contributed by atoms with Crippen LogP contribution in [0.5, 0.6) is 0 Å². The normalized spacial score (nSPS) is 11.4. The Balaban J connectivity index is 1.11. The molecular weight excluding hydrogens is 669 g/mol. The molecule has 0 unspecified atom stereocenters. The van der Waals surface area contributed by atoms with Crippen molar-refractivity contribution in [2.24, 2.45) is 0 Å². The van der Waals surface area contributed by atoms with E-state index in [2.05, 4.69) is 148 Å². The van der Waals surface area contributed by atoms with E-state index >= 15 is 0 Å². The second-order valence-corrected chi connectivity index (χ2v) is 13.4. The largest absolute Gasteiger partial charge is 0.247 e. The van der Waals surface area contributed by atoms with Crippen LogP contribution in [0.4, 0.5) is 0 Å². The molecule has 0 aliphatic rings. The first kappa shape index (κ1) is 30.8. The smallest absolute Gasteiger partial charge is 0.164 e. The summed E-state index contributed by atoms with van der Waals surface area (Å²) in [6, 6.07) is 58.2. The number of pyridine rings is 1. The molecular formula is C46H28N6S. The Morgan fingerprint density at radius 1 is 0.321 bits per heavy atom. The lowest BCUT2D eigenvalue weighted by Crippen LogP contribution is -2.00. The number of aromatic nitrogens is 6. The van der Waals surface area contributed by atoms with Crippen LogP contribution in [0.25, 0.3) is 100 Å². The van der Waals surface area contributed by atoms with Crippen molar-refractivity contribution in [1.82, 2.24) is 28.7 Å². The predicted molar refractivity (Wildman–Crippen MR) is 216 cm³/mol. The van der Waals surface area contributed by atoms with Crippen LogP contribution >= 0.6 is 11.7 Å². The van der Waals surface area contributed by atoms with E-state index in [0.29, 0.717) is 17.5 Å². The highest BCUT2D eigenvalue weighted by atomic mass is 32.1. The van der Waals surface area contributed by atoms with E-state index in [1.165, 1.54) is 11.7 Å². The second-order valence-electron chi connectivity index (χ2n) is 12.9. The second kappa shape index (κ2) is 13.0. The first-order valence-corrected chi connectivity index (χ1v) is 18.1. The number of nitrogens with zero attached hydrogens (tertiary/aromatic N) is 6. The van der Waals surface area contributed by atoms with Gasteiger partial charge in [0.15, 0.2) is 17.5 Å². The molecule has 7 aromatic carbocycles. The fraction of sp³-hybridized carbons (Fsp3) is 0. The standard InChI is InChI=1S/C46H28N6S/c1-3-11-29(12-4-1)33-15-9-17-35(27-33)45-48-44(49-46(50-45)36-18-10-16-34(28-36)30-13-5-2-6-14-30)32-23-21-31(22-24-32)42-38-25-26-40-43(52-53-51-40)41(38)37-19-7-8-20-39(37)47-42/h1-28H. The Labute approximate surface area is 309 Å². The van der Waals surface area contributed by atoms with Crippen LogP contribution in [0.2, 0.25) is 0 Å². The maximum Gasteiger partial charge on any atom is 0.164 e. The third-order valence-corrected chi connectivity index (χ3v) is 10.1. The molecule has 6 nitrogen and oxygen atoms in total. The SMILES string of the molecule is c1ccc(-c2cccc(-c3nc(-c4ccc(-c5nc6ccccc6c6c5ccc5nsnc56)cc4)nc(-c4cccc(-c5ccccc5)c4)n3)c2)cc1. The average molecular weight is 697 g/mol. The number of fused-ring (bicyclic) bond motifs is 5. The predicted octanol–water partition coefficient (Wildman–Crippen LogP) is 11.6. The van der Waals surface area contributed by atoms with E-state index < -0.39 is 0 Å². The van der Waals surface area contributed by atoms with Gasteiger partial charge < -0.3 is 0 Å². The van der Waals surface area contributed by atoms with Gasteiger partial charge in [0, 0.05) is 38.4 Å². The lowest BCUT2D eigenvalue weighted by atomic mass is 9.98. The zero-order valence-corrected chi connectivity index (χ0v) is 29.1. The topological polar surface area (TPSA) is 77.3 Å². The van der Waals surface area contributed by atoms with Gasteiger partial charge in [-0.2, -0.15) is 8.75 Å². The third-order valence-electron chi connectivity index (χ3n) is 9.60. The van der Waals surface area contributed by atoms with Gasteiger partial charge in [0.05, 0.1) is 22.9 Å². The highest BCUT2D eigenvalue weighted by molar-refractivity contribution is 7.00. The number of benzene rings is 7. The van der Waals surface area contributed by atoms with Gasteiger partial charge >= 0.3 is 0 Å². The van der Waals surface area contributed by atoms with Crippen LogP contribution in [0.1, 0.15) is 0 Å². The maximum atomic E-state index is 5.16. The summed E-state index contributed by atoms with van der Waals surface area (Å²) in [7, 11) is 0. The van der Waals surface area contributed by atoms with E-state index in [1.54, 1.807) is 0 Å². The van der Waals surface area contributed by atoms with Gasteiger partial charge in [-0.3, -0.25) is 0 Å². The molecule has 248 valence electrons. The summed E-state index contributed by atoms with van der Waals surface area (Å²) in [5.41, 5.74) is 11.8. The molecule has 0 atom stereocenters. The fourth-order valence-electron chi connectivity index (χ4n) is 6.98. The van der Waals surface area contributed by atoms with E-state index in [-0.39, 0.29) is 0 Å². The van der Waals surface area contributed by atoms with Crippen molar-refractivity contribution in [3.8, 4) is 67.7 Å². The van der Waals surface area contributed by atoms with Crippen LogP contribution in [0.15, 0.2) is 170 Å². The molecule has 0 bridgehead atoms. The summed E-state index contributed by atoms with van der Waals surface area (Å²) in [5, 5.41) is 3.18. The molecule has 0 amide bonds. The van der Waals surface area contributed by atoms with Gasteiger partial charge in [-0.25, -0.2) is 19.9 Å². The van der Waals surface area contributed by atoms with Gasteiger partial charge in [0.1, 0.15) is 11.0 Å². The van der Waals surface area contributed by atoms with Gasteiger partial charge in [-0.15, -0.1) is 0 Å². The highest BCUT2D eigenvalue weighted by Gasteiger charge is 2.17. The van der Waals surface area contributed by atoms with Crippen LogP contribution in [-0.2, 0) is 0 Å². The van der Waals surface area contributed by atoms with E-state index in [0.717, 1.165) is 82.9 Å². The summed E-state index contributed by atoms with van der Waals surface area (Å²) >= 11 is 1.24. The van der Waals surface area contributed by atoms with Gasteiger partial charge in [-0.1, -0.05) is 140 Å². The quantitative estimate of drug-likeness (QED) is 0.161. The van der Waals surface area contributed by atoms with Crippen molar-refractivity contribution >= 4 is 44.4 Å². The molecule has 0 saturated heterocycles. The highest BCUT2D eigenvalue weighted by Crippen LogP contribution is 2.37. The van der Waals surface area contributed by atoms with Crippen LogP contribution < -0.4 is 0 Å². The Morgan fingerprint density at radius 2 is 0.849 bits per heavy atom. The number of para-hydroxylation sites is 1. The minimum Gasteiger partial charge on any atom is -0.247 e. The zero-order chi connectivity index (χ0) is 35.1. The Bertz CT molecular complexity index is 2840. The van der Waals surface area contributed by atoms with Crippen LogP contribution in [0.3, 0.4) is 0 Å². The molecule has 10 rings (SSSR count). The fourth-order valence-corrected chi connectivity index (χ4v) is 7.52. The van der Waals surface area contributed by atoms with Crippen LogP contribution in [-0.4, -0.2) is 28.7 Å². The van der Waals surface area contributed by atoms with Crippen molar-refractivity contribution in [1.29, 1.82) is 0 Å². The van der Waals surface area contributed by atoms with E-state index in [4.69, 9.17) is 19.9 Å². The van der Waals surface area contributed by atoms with Gasteiger partial charge in [0.25, 0.3) is 0 Å². The molecule has 7 heteroatoms. The number of hydrogen-bond donors (Lipinski definition) is 0. The van der Waals surface area contributed by atoms with Crippen molar-refractivity contribution in [2.75, 3.05) is 0 Å². The van der Waals surface area contributed by atoms with Crippen molar-refractivity contribution in [3.05, 3.63) is 170 Å². The lowest BCUT2D eigenvalue weighted by Gasteiger charge is -2.12. The van der Waals surface area contributed by atoms with Gasteiger partial charge in [-0.05, 0) is 52.6 Å². The molecule has 0 spiro atoms. The third kappa shape index (κ3) is 5.69. The molecule has 53 heavy (non-hydrogen) atoms. The van der Waals surface area contributed by atoms with E-state index in [9.17, 15) is 0 Å². The summed E-state index contributed by atoms with van der Waals surface area (Å²) in [5.74, 6) is 1.82. The minimum atomic E-state index is 0.596. The molecule has 0 aliphatic heterocycles. The van der Waals surface area contributed by atoms with E-state index in [1.807, 2.05) is 30.3 Å². The van der Waals surface area contributed by atoms with Crippen molar-refractivity contribution in [3.63, 3.8) is 0 Å². The average Bonchev–Trinajstić information content (AvgIpc) is 3.73. The number of rotatable bonds is 6. The molecule has 0 saturated carbocycles. The van der Waals surface area contributed by atoms with Crippen molar-refractivity contribution < 1.29 is 0 Å². The maximum absolute atomic E-state index is 5.16. The summed E-state index contributed by atoms with van der Waals surface area (Å²) in [6.07, 6.45) is 0.